The Balaban J connectivity index is 2.12. The molecular formula is C20H21NO4. The molecule has 0 spiro atoms. The summed E-state index contributed by atoms with van der Waals surface area (Å²) in [6.45, 7) is 0. The van der Waals surface area contributed by atoms with E-state index in [1.807, 2.05) is 36.4 Å². The second-order valence-corrected chi connectivity index (χ2v) is 5.52. The fraction of sp³-hybridized carbons (Fsp3) is 0.250. The van der Waals surface area contributed by atoms with Crippen LogP contribution in [0.15, 0.2) is 42.6 Å². The van der Waals surface area contributed by atoms with E-state index in [4.69, 9.17) is 18.9 Å². The van der Waals surface area contributed by atoms with Gasteiger partial charge in [-0.15, -0.1) is 0 Å². The molecule has 5 heteroatoms. The van der Waals surface area contributed by atoms with E-state index in [1.54, 1.807) is 34.6 Å². The highest BCUT2D eigenvalue weighted by Crippen LogP contribution is 2.44. The molecule has 0 bridgehead atoms. The molecule has 0 fully saturated rings. The van der Waals surface area contributed by atoms with Gasteiger partial charge in [0, 0.05) is 23.4 Å². The largest absolute Gasteiger partial charge is 0.497 e. The highest BCUT2D eigenvalue weighted by Gasteiger charge is 2.18. The minimum Gasteiger partial charge on any atom is -0.497 e. The van der Waals surface area contributed by atoms with Gasteiger partial charge in [-0.2, -0.15) is 0 Å². The predicted molar refractivity (Wildman–Crippen MR) is 97.2 cm³/mol. The van der Waals surface area contributed by atoms with Crippen LogP contribution in [0.4, 0.5) is 0 Å². The van der Waals surface area contributed by atoms with Crippen molar-refractivity contribution in [1.29, 1.82) is 0 Å². The molecule has 0 N–H and O–H groups in total. The molecule has 1 aromatic heterocycles. The van der Waals surface area contributed by atoms with Gasteiger partial charge in [0.1, 0.15) is 5.75 Å². The van der Waals surface area contributed by atoms with Crippen LogP contribution in [0, 0.1) is 0 Å². The maximum atomic E-state index is 5.58. The number of nitrogens with zero attached hydrogens (tertiary/aromatic N) is 1. The number of fused-ring (bicyclic) bond motifs is 1. The van der Waals surface area contributed by atoms with Crippen molar-refractivity contribution in [1.82, 2.24) is 4.98 Å². The summed E-state index contributed by atoms with van der Waals surface area (Å²) in [7, 11) is 6.50. The summed E-state index contributed by atoms with van der Waals surface area (Å²) in [6, 6.07) is 11.8. The van der Waals surface area contributed by atoms with Crippen molar-refractivity contribution in [2.75, 3.05) is 28.4 Å². The molecule has 5 nitrogen and oxygen atoms in total. The van der Waals surface area contributed by atoms with Crippen LogP contribution < -0.4 is 18.9 Å². The van der Waals surface area contributed by atoms with E-state index < -0.39 is 0 Å². The lowest BCUT2D eigenvalue weighted by Gasteiger charge is -2.16. The van der Waals surface area contributed by atoms with E-state index in [-0.39, 0.29) is 0 Å². The van der Waals surface area contributed by atoms with E-state index in [0.717, 1.165) is 27.8 Å². The lowest BCUT2D eigenvalue weighted by molar-refractivity contribution is 0.327. The number of aromatic nitrogens is 1. The second kappa shape index (κ2) is 7.30. The number of benzene rings is 2. The van der Waals surface area contributed by atoms with Crippen molar-refractivity contribution in [3.63, 3.8) is 0 Å². The molecule has 0 unspecified atom stereocenters. The fourth-order valence-corrected chi connectivity index (χ4v) is 2.93. The molecule has 3 aromatic rings. The molecule has 1 heterocycles. The third kappa shape index (κ3) is 3.18. The first-order valence-corrected chi connectivity index (χ1v) is 7.91. The minimum absolute atomic E-state index is 0.582. The van der Waals surface area contributed by atoms with Gasteiger partial charge in [-0.1, -0.05) is 12.1 Å². The third-order valence-corrected chi connectivity index (χ3v) is 4.18. The summed E-state index contributed by atoms with van der Waals surface area (Å²) in [4.78, 5) is 4.57. The molecule has 0 aliphatic rings. The van der Waals surface area contributed by atoms with E-state index in [9.17, 15) is 0 Å². The molecule has 0 amide bonds. The minimum atomic E-state index is 0.582. The Morgan fingerprint density at radius 1 is 0.760 bits per heavy atom. The van der Waals surface area contributed by atoms with Gasteiger partial charge in [0.25, 0.3) is 0 Å². The number of ether oxygens (including phenoxy) is 4. The Morgan fingerprint density at radius 2 is 1.48 bits per heavy atom. The molecule has 0 aliphatic heterocycles. The van der Waals surface area contributed by atoms with Crippen molar-refractivity contribution in [2.24, 2.45) is 0 Å². The summed E-state index contributed by atoms with van der Waals surface area (Å²) in [5.41, 5.74) is 2.09. The molecular weight excluding hydrogens is 318 g/mol. The zero-order valence-electron chi connectivity index (χ0n) is 14.8. The Morgan fingerprint density at radius 3 is 2.08 bits per heavy atom. The van der Waals surface area contributed by atoms with Crippen molar-refractivity contribution >= 4 is 10.8 Å². The number of hydrogen-bond donors (Lipinski definition) is 0. The first-order valence-electron chi connectivity index (χ1n) is 7.91. The molecule has 2 aromatic carbocycles. The molecule has 130 valence electrons. The van der Waals surface area contributed by atoms with E-state index in [1.165, 1.54) is 0 Å². The monoisotopic (exact) mass is 339 g/mol. The SMILES string of the molecule is COc1ccc(Cc2nccc3c(OC)c(OC)c(OC)cc23)cc1. The molecule has 0 atom stereocenters. The summed E-state index contributed by atoms with van der Waals surface area (Å²) in [5, 5.41) is 1.92. The molecule has 0 radical (unpaired) electrons. The molecule has 25 heavy (non-hydrogen) atoms. The van der Waals surface area contributed by atoms with Crippen molar-refractivity contribution in [2.45, 2.75) is 6.42 Å². The van der Waals surface area contributed by atoms with Gasteiger partial charge in [0.15, 0.2) is 11.5 Å². The van der Waals surface area contributed by atoms with Crippen molar-refractivity contribution < 1.29 is 18.9 Å². The van der Waals surface area contributed by atoms with E-state index >= 15 is 0 Å². The van der Waals surface area contributed by atoms with Crippen LogP contribution in [0.2, 0.25) is 0 Å². The summed E-state index contributed by atoms with van der Waals surface area (Å²) < 4.78 is 21.7. The van der Waals surface area contributed by atoms with Gasteiger partial charge in [-0.3, -0.25) is 4.98 Å². The highest BCUT2D eigenvalue weighted by molar-refractivity contribution is 5.94. The van der Waals surface area contributed by atoms with Gasteiger partial charge in [0.2, 0.25) is 5.75 Å². The summed E-state index contributed by atoms with van der Waals surface area (Å²) in [5.74, 6) is 2.69. The average molecular weight is 339 g/mol. The Kier molecular flexibility index (Phi) is 4.93. The quantitative estimate of drug-likeness (QED) is 0.682. The molecule has 3 rings (SSSR count). The fourth-order valence-electron chi connectivity index (χ4n) is 2.93. The number of methoxy groups -OCH3 is 4. The predicted octanol–water partition coefficient (Wildman–Crippen LogP) is 3.86. The summed E-state index contributed by atoms with van der Waals surface area (Å²) >= 11 is 0. The third-order valence-electron chi connectivity index (χ3n) is 4.18. The van der Waals surface area contributed by atoms with Crippen LogP contribution in [0.1, 0.15) is 11.3 Å². The second-order valence-electron chi connectivity index (χ2n) is 5.52. The number of pyridine rings is 1. The first kappa shape index (κ1) is 16.9. The normalized spacial score (nSPS) is 10.6. The van der Waals surface area contributed by atoms with Crippen LogP contribution in [0.5, 0.6) is 23.0 Å². The van der Waals surface area contributed by atoms with Crippen LogP contribution in [0.3, 0.4) is 0 Å². The van der Waals surface area contributed by atoms with E-state index in [0.29, 0.717) is 23.7 Å². The maximum absolute atomic E-state index is 5.58. The first-order chi connectivity index (χ1) is 12.2. The smallest absolute Gasteiger partial charge is 0.203 e. The van der Waals surface area contributed by atoms with Crippen molar-refractivity contribution in [3.05, 3.63) is 53.9 Å². The van der Waals surface area contributed by atoms with Gasteiger partial charge in [-0.25, -0.2) is 0 Å². The topological polar surface area (TPSA) is 49.8 Å². The molecule has 0 saturated carbocycles. The average Bonchev–Trinajstić information content (AvgIpc) is 2.67. The van der Waals surface area contributed by atoms with Gasteiger partial charge in [0.05, 0.1) is 34.1 Å². The maximum Gasteiger partial charge on any atom is 0.203 e. The lowest BCUT2D eigenvalue weighted by Crippen LogP contribution is -1.99. The van der Waals surface area contributed by atoms with Crippen LogP contribution in [0.25, 0.3) is 10.8 Å². The summed E-state index contributed by atoms with van der Waals surface area (Å²) in [6.07, 6.45) is 2.48. The Labute approximate surface area is 147 Å². The van der Waals surface area contributed by atoms with Crippen molar-refractivity contribution in [3.8, 4) is 23.0 Å². The number of rotatable bonds is 6. The zero-order chi connectivity index (χ0) is 17.8. The lowest BCUT2D eigenvalue weighted by atomic mass is 10.0. The zero-order valence-corrected chi connectivity index (χ0v) is 14.8. The van der Waals surface area contributed by atoms with Gasteiger partial charge in [-0.05, 0) is 29.8 Å². The van der Waals surface area contributed by atoms with Crippen LogP contribution >= 0.6 is 0 Å². The standard InChI is InChI=1S/C20H21NO4/c1-22-14-7-5-13(6-8-14)11-17-16-12-18(23-2)20(25-4)19(24-3)15(16)9-10-21-17/h5-10,12H,11H2,1-4H3. The van der Waals surface area contributed by atoms with Crippen LogP contribution in [-0.4, -0.2) is 33.4 Å². The van der Waals surface area contributed by atoms with Gasteiger partial charge < -0.3 is 18.9 Å². The highest BCUT2D eigenvalue weighted by atomic mass is 16.5. The van der Waals surface area contributed by atoms with Gasteiger partial charge >= 0.3 is 0 Å². The number of hydrogen-bond acceptors (Lipinski definition) is 5. The van der Waals surface area contributed by atoms with E-state index in [2.05, 4.69) is 4.98 Å². The Bertz CT molecular complexity index is 875. The molecule has 0 aliphatic carbocycles. The molecule has 0 saturated heterocycles. The van der Waals surface area contributed by atoms with Crippen LogP contribution in [-0.2, 0) is 6.42 Å². The Hall–Kier alpha value is -2.95.